The average Bonchev–Trinajstić information content (AvgIpc) is 2.69. The summed E-state index contributed by atoms with van der Waals surface area (Å²) in [5.74, 6) is 1.10. The molecule has 1 aliphatic rings. The highest BCUT2D eigenvalue weighted by Gasteiger charge is 2.18. The first-order valence-electron chi connectivity index (χ1n) is 9.23. The third-order valence-electron chi connectivity index (χ3n) is 5.12. The molecule has 1 saturated heterocycles. The predicted octanol–water partition coefficient (Wildman–Crippen LogP) is 4.12. The number of rotatable bonds is 4. The number of pyridine rings is 1. The fourth-order valence-corrected chi connectivity index (χ4v) is 3.51. The van der Waals surface area contributed by atoms with E-state index >= 15 is 0 Å². The Balaban J connectivity index is 1.38. The lowest BCUT2D eigenvalue weighted by Crippen LogP contribution is -2.46. The Hall–Kier alpha value is -2.39. The molecule has 3 heteroatoms. The summed E-state index contributed by atoms with van der Waals surface area (Å²) < 4.78 is 0. The van der Waals surface area contributed by atoms with Gasteiger partial charge in [-0.1, -0.05) is 49.4 Å². The van der Waals surface area contributed by atoms with Gasteiger partial charge in [-0.25, -0.2) is 4.98 Å². The van der Waals surface area contributed by atoms with Crippen molar-refractivity contribution in [3.8, 4) is 0 Å². The van der Waals surface area contributed by atoms with Crippen molar-refractivity contribution in [1.82, 2.24) is 9.88 Å². The standard InChI is InChI=1S/C22H25N3/c1-2-18-7-9-19(10-8-18)17-24-13-15-25(16-14-24)22-12-11-20-5-3-4-6-21(20)23-22/h3-12H,2,13-17H2,1H3. The molecule has 0 amide bonds. The lowest BCUT2D eigenvalue weighted by atomic mass is 10.1. The first kappa shape index (κ1) is 16.1. The van der Waals surface area contributed by atoms with Crippen molar-refractivity contribution >= 4 is 16.7 Å². The van der Waals surface area contributed by atoms with Crippen LogP contribution in [-0.2, 0) is 13.0 Å². The van der Waals surface area contributed by atoms with E-state index in [2.05, 4.69) is 77.4 Å². The van der Waals surface area contributed by atoms with Gasteiger partial charge in [-0.3, -0.25) is 4.90 Å². The van der Waals surface area contributed by atoms with E-state index in [0.717, 1.165) is 50.5 Å². The largest absolute Gasteiger partial charge is 0.354 e. The first-order chi connectivity index (χ1) is 12.3. The SMILES string of the molecule is CCc1ccc(CN2CCN(c3ccc4ccccc4n3)CC2)cc1. The number of benzene rings is 2. The summed E-state index contributed by atoms with van der Waals surface area (Å²) in [4.78, 5) is 9.78. The highest BCUT2D eigenvalue weighted by molar-refractivity contribution is 5.80. The molecule has 3 aromatic rings. The number of aromatic nitrogens is 1. The Morgan fingerprint density at radius 2 is 1.52 bits per heavy atom. The van der Waals surface area contributed by atoms with Crippen molar-refractivity contribution in [2.75, 3.05) is 31.1 Å². The van der Waals surface area contributed by atoms with Crippen LogP contribution in [0.1, 0.15) is 18.1 Å². The summed E-state index contributed by atoms with van der Waals surface area (Å²) in [6.07, 6.45) is 1.11. The molecule has 0 radical (unpaired) electrons. The number of nitrogens with zero attached hydrogens (tertiary/aromatic N) is 3. The van der Waals surface area contributed by atoms with Gasteiger partial charge in [0.2, 0.25) is 0 Å². The molecule has 4 rings (SSSR count). The van der Waals surface area contributed by atoms with Crippen LogP contribution in [0.15, 0.2) is 60.7 Å². The van der Waals surface area contributed by atoms with Crippen LogP contribution in [0.5, 0.6) is 0 Å². The molecule has 1 fully saturated rings. The normalized spacial score (nSPS) is 15.6. The molecule has 0 bridgehead atoms. The van der Waals surface area contributed by atoms with Crippen LogP contribution in [-0.4, -0.2) is 36.1 Å². The second kappa shape index (κ2) is 7.24. The van der Waals surface area contributed by atoms with Gasteiger partial charge in [0.1, 0.15) is 5.82 Å². The minimum absolute atomic E-state index is 1.04. The summed E-state index contributed by atoms with van der Waals surface area (Å²) in [5.41, 5.74) is 3.91. The molecule has 0 atom stereocenters. The monoisotopic (exact) mass is 331 g/mol. The van der Waals surface area contributed by atoms with Crippen LogP contribution in [0.25, 0.3) is 10.9 Å². The van der Waals surface area contributed by atoms with Crippen LogP contribution in [0.4, 0.5) is 5.82 Å². The van der Waals surface area contributed by atoms with Crippen molar-refractivity contribution in [3.05, 3.63) is 71.8 Å². The number of aryl methyl sites for hydroxylation is 1. The molecular formula is C22H25N3. The van der Waals surface area contributed by atoms with Gasteiger partial charge in [0.25, 0.3) is 0 Å². The van der Waals surface area contributed by atoms with Crippen molar-refractivity contribution in [2.45, 2.75) is 19.9 Å². The van der Waals surface area contributed by atoms with Gasteiger partial charge in [-0.2, -0.15) is 0 Å². The maximum absolute atomic E-state index is 4.83. The number of piperazine rings is 1. The Labute approximate surface area is 149 Å². The van der Waals surface area contributed by atoms with E-state index in [1.54, 1.807) is 0 Å². The second-order valence-electron chi connectivity index (χ2n) is 6.80. The van der Waals surface area contributed by atoms with Gasteiger partial charge in [-0.15, -0.1) is 0 Å². The van der Waals surface area contributed by atoms with Crippen molar-refractivity contribution < 1.29 is 0 Å². The molecule has 0 spiro atoms. The summed E-state index contributed by atoms with van der Waals surface area (Å²) in [7, 11) is 0. The van der Waals surface area contributed by atoms with Gasteiger partial charge < -0.3 is 4.90 Å². The smallest absolute Gasteiger partial charge is 0.129 e. The van der Waals surface area contributed by atoms with Gasteiger partial charge in [0.15, 0.2) is 0 Å². The van der Waals surface area contributed by atoms with Gasteiger partial charge in [-0.05, 0) is 35.7 Å². The average molecular weight is 331 g/mol. The third kappa shape index (κ3) is 3.67. The highest BCUT2D eigenvalue weighted by Crippen LogP contribution is 2.20. The molecule has 3 nitrogen and oxygen atoms in total. The molecule has 0 N–H and O–H groups in total. The first-order valence-corrected chi connectivity index (χ1v) is 9.23. The summed E-state index contributed by atoms with van der Waals surface area (Å²) in [6, 6.07) is 21.7. The summed E-state index contributed by atoms with van der Waals surface area (Å²) >= 11 is 0. The van der Waals surface area contributed by atoms with Crippen LogP contribution in [0.2, 0.25) is 0 Å². The maximum atomic E-state index is 4.83. The molecule has 0 unspecified atom stereocenters. The lowest BCUT2D eigenvalue weighted by molar-refractivity contribution is 0.249. The molecular weight excluding hydrogens is 306 g/mol. The zero-order valence-corrected chi connectivity index (χ0v) is 14.9. The Bertz CT molecular complexity index is 833. The van der Waals surface area contributed by atoms with E-state index in [0.29, 0.717) is 0 Å². The second-order valence-corrected chi connectivity index (χ2v) is 6.80. The van der Waals surface area contributed by atoms with Gasteiger partial charge in [0, 0.05) is 38.1 Å². The van der Waals surface area contributed by atoms with Crippen LogP contribution in [0.3, 0.4) is 0 Å². The van der Waals surface area contributed by atoms with Crippen molar-refractivity contribution in [2.24, 2.45) is 0 Å². The minimum atomic E-state index is 1.04. The Morgan fingerprint density at radius 1 is 0.800 bits per heavy atom. The van der Waals surface area contributed by atoms with Crippen LogP contribution >= 0.6 is 0 Å². The minimum Gasteiger partial charge on any atom is -0.354 e. The molecule has 128 valence electrons. The van der Waals surface area contributed by atoms with E-state index in [1.165, 1.54) is 16.5 Å². The Kier molecular flexibility index (Phi) is 4.66. The molecule has 2 aromatic carbocycles. The fraction of sp³-hybridized carbons (Fsp3) is 0.318. The number of hydrogen-bond donors (Lipinski definition) is 0. The van der Waals surface area contributed by atoms with E-state index < -0.39 is 0 Å². The van der Waals surface area contributed by atoms with Crippen LogP contribution < -0.4 is 4.90 Å². The van der Waals surface area contributed by atoms with Gasteiger partial charge in [0.05, 0.1) is 5.52 Å². The molecule has 1 aromatic heterocycles. The molecule has 2 heterocycles. The highest BCUT2D eigenvalue weighted by atomic mass is 15.3. The molecule has 1 aliphatic heterocycles. The predicted molar refractivity (Wildman–Crippen MR) is 105 cm³/mol. The zero-order chi connectivity index (χ0) is 17.1. The third-order valence-corrected chi connectivity index (χ3v) is 5.12. The Morgan fingerprint density at radius 3 is 2.28 bits per heavy atom. The quantitative estimate of drug-likeness (QED) is 0.717. The van der Waals surface area contributed by atoms with Crippen molar-refractivity contribution in [3.63, 3.8) is 0 Å². The fourth-order valence-electron chi connectivity index (χ4n) is 3.51. The topological polar surface area (TPSA) is 19.4 Å². The number of para-hydroxylation sites is 1. The molecule has 0 aliphatic carbocycles. The molecule has 0 saturated carbocycles. The number of anilines is 1. The van der Waals surface area contributed by atoms with E-state index in [1.807, 2.05) is 0 Å². The molecule has 25 heavy (non-hydrogen) atoms. The summed E-state index contributed by atoms with van der Waals surface area (Å²) in [6.45, 7) is 7.50. The van der Waals surface area contributed by atoms with E-state index in [4.69, 9.17) is 4.98 Å². The zero-order valence-electron chi connectivity index (χ0n) is 14.9. The van der Waals surface area contributed by atoms with Gasteiger partial charge >= 0.3 is 0 Å². The van der Waals surface area contributed by atoms with Crippen molar-refractivity contribution in [1.29, 1.82) is 0 Å². The van der Waals surface area contributed by atoms with E-state index in [9.17, 15) is 0 Å². The number of hydrogen-bond acceptors (Lipinski definition) is 3. The van der Waals surface area contributed by atoms with Crippen LogP contribution in [0, 0.1) is 0 Å². The summed E-state index contributed by atoms with van der Waals surface area (Å²) in [5, 5.41) is 1.21. The maximum Gasteiger partial charge on any atom is 0.129 e. The lowest BCUT2D eigenvalue weighted by Gasteiger charge is -2.35. The number of fused-ring (bicyclic) bond motifs is 1. The van der Waals surface area contributed by atoms with E-state index in [-0.39, 0.29) is 0 Å².